The zero-order valence-corrected chi connectivity index (χ0v) is 18.5. The molecule has 0 aliphatic heterocycles. The number of rotatable bonds is 7. The summed E-state index contributed by atoms with van der Waals surface area (Å²) in [5.74, 6) is 0. The van der Waals surface area contributed by atoms with Gasteiger partial charge in [-0.2, -0.15) is 0 Å². The van der Waals surface area contributed by atoms with E-state index in [4.69, 9.17) is 0 Å². The highest BCUT2D eigenvalue weighted by molar-refractivity contribution is 9.10. The number of hydrogen-bond donors (Lipinski definition) is 0. The van der Waals surface area contributed by atoms with E-state index in [1.165, 1.54) is 27.4 Å². The quantitative estimate of drug-likeness (QED) is 0.204. The Balaban J connectivity index is 1.23. The summed E-state index contributed by atoms with van der Waals surface area (Å²) in [7, 11) is 0. The molecule has 0 bridgehead atoms. The van der Waals surface area contributed by atoms with Gasteiger partial charge in [0.2, 0.25) is 6.33 Å². The Labute approximate surface area is 185 Å². The fourth-order valence-electron chi connectivity index (χ4n) is 4.30. The standard InChI is InChI=1S/C26H25BrN3/c27-24-12-4-1-9-21(24)19-29-18-17-28(20-29)15-7-8-16-30-25-13-5-2-10-22(25)23-11-3-6-14-26(23)30/h1-6,9-14,17-18,20H,7-8,15-16,19H2/q+1. The SMILES string of the molecule is Brc1ccccc1C[n+]1ccn(CCCCn2c3ccccc3c3ccccc32)c1. The topological polar surface area (TPSA) is 13.7 Å². The van der Waals surface area contributed by atoms with E-state index in [0.717, 1.165) is 36.9 Å². The molecule has 0 unspecified atom stereocenters. The van der Waals surface area contributed by atoms with Gasteiger partial charge < -0.3 is 4.57 Å². The lowest BCUT2D eigenvalue weighted by molar-refractivity contribution is -0.688. The van der Waals surface area contributed by atoms with Crippen LogP contribution >= 0.6 is 15.9 Å². The molecule has 5 rings (SSSR count). The van der Waals surface area contributed by atoms with Crippen molar-refractivity contribution >= 4 is 37.7 Å². The van der Waals surface area contributed by atoms with Crippen molar-refractivity contribution < 1.29 is 4.57 Å². The third-order valence-electron chi connectivity index (χ3n) is 5.78. The second kappa shape index (κ2) is 8.49. The number of aromatic nitrogens is 3. The number of hydrogen-bond acceptors (Lipinski definition) is 0. The molecule has 0 N–H and O–H groups in total. The lowest BCUT2D eigenvalue weighted by Crippen LogP contribution is -2.31. The van der Waals surface area contributed by atoms with Crippen LogP contribution in [0.15, 0.2) is 96.0 Å². The lowest BCUT2D eigenvalue weighted by Gasteiger charge is -2.07. The summed E-state index contributed by atoms with van der Waals surface area (Å²) in [6.45, 7) is 2.97. The summed E-state index contributed by atoms with van der Waals surface area (Å²) in [6.07, 6.45) is 8.86. The average Bonchev–Trinajstić information content (AvgIpc) is 3.35. The monoisotopic (exact) mass is 458 g/mol. The van der Waals surface area contributed by atoms with Crippen LogP contribution in [-0.4, -0.2) is 9.13 Å². The first-order chi connectivity index (χ1) is 14.8. The number of nitrogens with zero attached hydrogens (tertiary/aromatic N) is 3. The maximum atomic E-state index is 3.64. The minimum atomic E-state index is 0.885. The van der Waals surface area contributed by atoms with Crippen LogP contribution in [0.25, 0.3) is 21.8 Å². The van der Waals surface area contributed by atoms with Crippen molar-refractivity contribution in [2.24, 2.45) is 0 Å². The van der Waals surface area contributed by atoms with Crippen molar-refractivity contribution in [1.29, 1.82) is 0 Å². The van der Waals surface area contributed by atoms with E-state index in [1.54, 1.807) is 0 Å². The van der Waals surface area contributed by atoms with Gasteiger partial charge in [0.1, 0.15) is 18.9 Å². The molecule has 0 saturated carbocycles. The van der Waals surface area contributed by atoms with Gasteiger partial charge in [0, 0.05) is 38.4 Å². The largest absolute Gasteiger partial charge is 0.340 e. The molecular weight excluding hydrogens is 434 g/mol. The van der Waals surface area contributed by atoms with Gasteiger partial charge in [0.25, 0.3) is 0 Å². The van der Waals surface area contributed by atoms with Gasteiger partial charge in [0.15, 0.2) is 0 Å². The molecule has 0 aliphatic carbocycles. The van der Waals surface area contributed by atoms with Crippen molar-refractivity contribution in [1.82, 2.24) is 9.13 Å². The first-order valence-corrected chi connectivity index (χ1v) is 11.3. The van der Waals surface area contributed by atoms with E-state index < -0.39 is 0 Å². The number of imidazole rings is 1. The number of para-hydroxylation sites is 2. The fourth-order valence-corrected chi connectivity index (χ4v) is 4.71. The molecule has 0 radical (unpaired) electrons. The zero-order valence-electron chi connectivity index (χ0n) is 16.9. The molecule has 0 amide bonds. The Bertz CT molecular complexity index is 1240. The van der Waals surface area contributed by atoms with Gasteiger partial charge in [-0.3, -0.25) is 0 Å². The molecule has 150 valence electrons. The second-order valence-corrected chi connectivity index (χ2v) is 8.66. The normalized spacial score (nSPS) is 11.5. The van der Waals surface area contributed by atoms with Crippen LogP contribution in [0.1, 0.15) is 18.4 Å². The number of halogens is 1. The fraction of sp³-hybridized carbons (Fsp3) is 0.192. The molecule has 3 nitrogen and oxygen atoms in total. The van der Waals surface area contributed by atoms with Gasteiger partial charge in [-0.05, 0) is 31.0 Å². The summed E-state index contributed by atoms with van der Waals surface area (Å²) in [5, 5.41) is 2.71. The van der Waals surface area contributed by atoms with Gasteiger partial charge in [-0.15, -0.1) is 0 Å². The van der Waals surface area contributed by atoms with E-state index in [1.807, 2.05) is 0 Å². The molecule has 2 heterocycles. The molecule has 0 fully saturated rings. The molecule has 0 atom stereocenters. The number of unbranched alkanes of at least 4 members (excludes halogenated alkanes) is 1. The van der Waals surface area contributed by atoms with Crippen LogP contribution in [0.4, 0.5) is 0 Å². The highest BCUT2D eigenvalue weighted by Gasteiger charge is 2.10. The average molecular weight is 459 g/mol. The molecule has 0 saturated heterocycles. The first-order valence-electron chi connectivity index (χ1n) is 10.5. The highest BCUT2D eigenvalue weighted by Crippen LogP contribution is 2.29. The van der Waals surface area contributed by atoms with Crippen molar-refractivity contribution in [3.63, 3.8) is 0 Å². The first kappa shape index (κ1) is 19.1. The Kier molecular flexibility index (Phi) is 5.41. The summed E-state index contributed by atoms with van der Waals surface area (Å²) < 4.78 is 8.18. The highest BCUT2D eigenvalue weighted by atomic mass is 79.9. The summed E-state index contributed by atoms with van der Waals surface area (Å²) in [6, 6.07) is 25.9. The Morgan fingerprint density at radius 2 is 1.37 bits per heavy atom. The summed E-state index contributed by atoms with van der Waals surface area (Å²) in [4.78, 5) is 0. The van der Waals surface area contributed by atoms with Crippen molar-refractivity contribution in [2.45, 2.75) is 32.5 Å². The second-order valence-electron chi connectivity index (χ2n) is 7.81. The minimum absolute atomic E-state index is 0.885. The predicted molar refractivity (Wildman–Crippen MR) is 127 cm³/mol. The van der Waals surface area contributed by atoms with Gasteiger partial charge in [-0.25, -0.2) is 9.13 Å². The maximum Gasteiger partial charge on any atom is 0.244 e. The Hall–Kier alpha value is -2.85. The van der Waals surface area contributed by atoms with Gasteiger partial charge >= 0.3 is 0 Å². The third kappa shape index (κ3) is 3.80. The van der Waals surface area contributed by atoms with Crippen molar-refractivity contribution in [3.05, 3.63) is 102 Å². The number of fused-ring (bicyclic) bond motifs is 3. The van der Waals surface area contributed by atoms with Crippen molar-refractivity contribution in [2.75, 3.05) is 0 Å². The van der Waals surface area contributed by atoms with Crippen LogP contribution in [0.2, 0.25) is 0 Å². The van der Waals surface area contributed by atoms with E-state index in [9.17, 15) is 0 Å². The van der Waals surface area contributed by atoms with Crippen LogP contribution in [0, 0.1) is 0 Å². The Morgan fingerprint density at radius 1 is 0.733 bits per heavy atom. The maximum absolute atomic E-state index is 3.64. The van der Waals surface area contributed by atoms with E-state index in [2.05, 4.69) is 121 Å². The number of aryl methyl sites for hydroxylation is 2. The van der Waals surface area contributed by atoms with Gasteiger partial charge in [0.05, 0.1) is 6.54 Å². The summed E-state index contributed by atoms with van der Waals surface area (Å²) in [5.41, 5.74) is 3.98. The van der Waals surface area contributed by atoms with Crippen LogP contribution < -0.4 is 4.57 Å². The summed E-state index contributed by atoms with van der Waals surface area (Å²) >= 11 is 3.64. The minimum Gasteiger partial charge on any atom is -0.340 e. The van der Waals surface area contributed by atoms with E-state index in [-0.39, 0.29) is 0 Å². The zero-order chi connectivity index (χ0) is 20.3. The molecule has 2 aromatic heterocycles. The van der Waals surface area contributed by atoms with Gasteiger partial charge in [-0.1, -0.05) is 70.5 Å². The molecule has 4 heteroatoms. The molecule has 5 aromatic rings. The lowest BCUT2D eigenvalue weighted by atomic mass is 10.2. The molecule has 0 spiro atoms. The predicted octanol–water partition coefficient (Wildman–Crippen LogP) is 6.17. The molecule has 30 heavy (non-hydrogen) atoms. The van der Waals surface area contributed by atoms with E-state index in [0.29, 0.717) is 0 Å². The van der Waals surface area contributed by atoms with Crippen LogP contribution in [0.5, 0.6) is 0 Å². The third-order valence-corrected chi connectivity index (χ3v) is 6.56. The molecule has 3 aromatic carbocycles. The van der Waals surface area contributed by atoms with E-state index >= 15 is 0 Å². The molecule has 0 aliphatic rings. The van der Waals surface area contributed by atoms with Crippen molar-refractivity contribution in [3.8, 4) is 0 Å². The molecular formula is C26H25BrN3+. The van der Waals surface area contributed by atoms with Crippen LogP contribution in [0.3, 0.4) is 0 Å². The number of benzene rings is 3. The smallest absolute Gasteiger partial charge is 0.244 e. The van der Waals surface area contributed by atoms with Crippen LogP contribution in [-0.2, 0) is 19.6 Å². The Morgan fingerprint density at radius 3 is 2.10 bits per heavy atom.